The summed E-state index contributed by atoms with van der Waals surface area (Å²) in [4.78, 5) is 8.73. The van der Waals surface area contributed by atoms with Crippen molar-refractivity contribution in [3.63, 3.8) is 0 Å². The average Bonchev–Trinajstić information content (AvgIpc) is 2.41. The smallest absolute Gasteiger partial charge is 0.145 e. The second-order valence-electron chi connectivity index (χ2n) is 4.36. The third-order valence-electron chi connectivity index (χ3n) is 2.88. The van der Waals surface area contributed by atoms with Gasteiger partial charge in [-0.3, -0.25) is 4.98 Å². The summed E-state index contributed by atoms with van der Waals surface area (Å²) < 4.78 is 5.48. The van der Waals surface area contributed by atoms with E-state index in [1.807, 2.05) is 39.0 Å². The molecule has 1 heterocycles. The first-order valence-corrected chi connectivity index (χ1v) is 6.45. The number of rotatable bonds is 5. The number of hydrogen-bond acceptors (Lipinski definition) is 4. The van der Waals surface area contributed by atoms with Gasteiger partial charge in [-0.15, -0.1) is 0 Å². The summed E-state index contributed by atoms with van der Waals surface area (Å²) in [5, 5.41) is 3.27. The van der Waals surface area contributed by atoms with Gasteiger partial charge in [0.2, 0.25) is 0 Å². The number of anilines is 1. The fourth-order valence-electron chi connectivity index (χ4n) is 1.73. The van der Waals surface area contributed by atoms with E-state index in [9.17, 15) is 0 Å². The molecule has 4 heteroatoms. The van der Waals surface area contributed by atoms with Crippen LogP contribution in [0.5, 0.6) is 5.75 Å². The van der Waals surface area contributed by atoms with Crippen molar-refractivity contribution < 1.29 is 4.74 Å². The Morgan fingerprint density at radius 1 is 1.21 bits per heavy atom. The normalized spacial score (nSPS) is 10.3. The van der Waals surface area contributed by atoms with Crippen molar-refractivity contribution >= 4 is 5.82 Å². The summed E-state index contributed by atoms with van der Waals surface area (Å²) in [7, 11) is 0. The molecule has 0 saturated heterocycles. The number of aromatic nitrogens is 2. The van der Waals surface area contributed by atoms with E-state index in [2.05, 4.69) is 21.4 Å². The molecule has 0 atom stereocenters. The Morgan fingerprint density at radius 3 is 2.79 bits per heavy atom. The number of nitrogens with one attached hydrogen (secondary N) is 1. The third-order valence-corrected chi connectivity index (χ3v) is 2.88. The molecule has 0 aliphatic carbocycles. The molecule has 0 aliphatic heterocycles. The number of benzene rings is 1. The highest BCUT2D eigenvalue weighted by molar-refractivity contribution is 5.36. The highest BCUT2D eigenvalue weighted by Gasteiger charge is 2.00. The second kappa shape index (κ2) is 6.18. The van der Waals surface area contributed by atoms with Crippen LogP contribution >= 0.6 is 0 Å². The first-order valence-electron chi connectivity index (χ1n) is 6.45. The van der Waals surface area contributed by atoms with Gasteiger partial charge >= 0.3 is 0 Å². The number of nitrogens with zero attached hydrogens (tertiary/aromatic N) is 2. The van der Waals surface area contributed by atoms with Crippen LogP contribution in [-0.4, -0.2) is 16.6 Å². The Bertz CT molecular complexity index is 555. The fourth-order valence-corrected chi connectivity index (χ4v) is 1.73. The van der Waals surface area contributed by atoms with Gasteiger partial charge in [-0.05, 0) is 38.5 Å². The molecule has 19 heavy (non-hydrogen) atoms. The molecule has 2 rings (SSSR count). The largest absolute Gasteiger partial charge is 0.494 e. The number of ether oxygens (including phenoxy) is 1. The summed E-state index contributed by atoms with van der Waals surface area (Å²) >= 11 is 0. The van der Waals surface area contributed by atoms with Crippen LogP contribution in [0.1, 0.15) is 23.9 Å². The zero-order chi connectivity index (χ0) is 13.7. The molecule has 4 nitrogen and oxygen atoms in total. The van der Waals surface area contributed by atoms with Crippen LogP contribution < -0.4 is 10.1 Å². The minimum atomic E-state index is 0.680. The fraction of sp³-hybridized carbons (Fsp3) is 0.333. The minimum absolute atomic E-state index is 0.680. The van der Waals surface area contributed by atoms with Crippen LogP contribution in [0.3, 0.4) is 0 Å². The molecular weight excluding hydrogens is 238 g/mol. The molecule has 0 unspecified atom stereocenters. The molecule has 0 radical (unpaired) electrons. The van der Waals surface area contributed by atoms with Crippen molar-refractivity contribution in [2.45, 2.75) is 27.3 Å². The van der Waals surface area contributed by atoms with E-state index in [-0.39, 0.29) is 0 Å². The van der Waals surface area contributed by atoms with Gasteiger partial charge in [0.05, 0.1) is 24.2 Å². The van der Waals surface area contributed by atoms with E-state index in [4.69, 9.17) is 4.74 Å². The number of aryl methyl sites for hydroxylation is 2. The molecular formula is C15H19N3O. The zero-order valence-electron chi connectivity index (χ0n) is 11.6. The van der Waals surface area contributed by atoms with Crippen molar-refractivity contribution in [2.24, 2.45) is 0 Å². The second-order valence-corrected chi connectivity index (χ2v) is 4.36. The SMILES string of the molecule is CCOc1cccc(CNc2cnc(C)c(C)n2)c1. The van der Waals surface area contributed by atoms with Crippen LogP contribution in [0.2, 0.25) is 0 Å². The molecule has 1 aromatic heterocycles. The highest BCUT2D eigenvalue weighted by atomic mass is 16.5. The average molecular weight is 257 g/mol. The Morgan fingerprint density at radius 2 is 2.05 bits per heavy atom. The Hall–Kier alpha value is -2.10. The quantitative estimate of drug-likeness (QED) is 0.894. The summed E-state index contributed by atoms with van der Waals surface area (Å²) in [6, 6.07) is 8.05. The Balaban J connectivity index is 2.01. The molecule has 1 N–H and O–H groups in total. The lowest BCUT2D eigenvalue weighted by atomic mass is 10.2. The van der Waals surface area contributed by atoms with Crippen molar-refractivity contribution in [3.05, 3.63) is 47.4 Å². The van der Waals surface area contributed by atoms with Gasteiger partial charge in [-0.25, -0.2) is 4.98 Å². The van der Waals surface area contributed by atoms with Crippen LogP contribution in [0, 0.1) is 13.8 Å². The van der Waals surface area contributed by atoms with Crippen LogP contribution in [-0.2, 0) is 6.54 Å². The molecule has 0 bridgehead atoms. The minimum Gasteiger partial charge on any atom is -0.494 e. The van der Waals surface area contributed by atoms with Gasteiger partial charge in [0.1, 0.15) is 11.6 Å². The van der Waals surface area contributed by atoms with E-state index < -0.39 is 0 Å². The van der Waals surface area contributed by atoms with Gasteiger partial charge in [-0.1, -0.05) is 12.1 Å². The summed E-state index contributed by atoms with van der Waals surface area (Å²) in [6.45, 7) is 7.29. The molecule has 100 valence electrons. The van der Waals surface area contributed by atoms with Crippen molar-refractivity contribution in [2.75, 3.05) is 11.9 Å². The molecule has 0 fully saturated rings. The maximum absolute atomic E-state index is 5.48. The zero-order valence-corrected chi connectivity index (χ0v) is 11.6. The lowest BCUT2D eigenvalue weighted by Gasteiger charge is -2.09. The lowest BCUT2D eigenvalue weighted by molar-refractivity contribution is 0.340. The van der Waals surface area contributed by atoms with E-state index in [1.165, 1.54) is 0 Å². The first kappa shape index (κ1) is 13.3. The molecule has 0 saturated carbocycles. The van der Waals surface area contributed by atoms with Gasteiger partial charge in [0.15, 0.2) is 0 Å². The van der Waals surface area contributed by atoms with Crippen LogP contribution in [0.25, 0.3) is 0 Å². The summed E-state index contributed by atoms with van der Waals surface area (Å²) in [5.41, 5.74) is 3.07. The van der Waals surface area contributed by atoms with E-state index in [0.717, 1.165) is 28.5 Å². The first-order chi connectivity index (χ1) is 9.19. The van der Waals surface area contributed by atoms with Crippen LogP contribution in [0.4, 0.5) is 5.82 Å². The van der Waals surface area contributed by atoms with Crippen molar-refractivity contribution in [1.29, 1.82) is 0 Å². The van der Waals surface area contributed by atoms with Gasteiger partial charge < -0.3 is 10.1 Å². The van der Waals surface area contributed by atoms with E-state index in [1.54, 1.807) is 6.20 Å². The number of hydrogen-bond donors (Lipinski definition) is 1. The van der Waals surface area contributed by atoms with Gasteiger partial charge in [0.25, 0.3) is 0 Å². The molecule has 0 aliphatic rings. The predicted octanol–water partition coefficient (Wildman–Crippen LogP) is 3.10. The monoisotopic (exact) mass is 257 g/mol. The third kappa shape index (κ3) is 3.68. The molecule has 0 amide bonds. The van der Waals surface area contributed by atoms with E-state index in [0.29, 0.717) is 13.2 Å². The standard InChI is InChI=1S/C15H19N3O/c1-4-19-14-7-5-6-13(8-14)9-17-15-10-16-11(2)12(3)18-15/h5-8,10H,4,9H2,1-3H3,(H,17,18). The predicted molar refractivity (Wildman–Crippen MR) is 76.4 cm³/mol. The molecule has 0 spiro atoms. The summed E-state index contributed by atoms with van der Waals surface area (Å²) in [6.07, 6.45) is 1.76. The molecule has 1 aromatic carbocycles. The maximum atomic E-state index is 5.48. The van der Waals surface area contributed by atoms with Crippen molar-refractivity contribution in [1.82, 2.24) is 9.97 Å². The van der Waals surface area contributed by atoms with Crippen LogP contribution in [0.15, 0.2) is 30.5 Å². The Kier molecular flexibility index (Phi) is 4.34. The van der Waals surface area contributed by atoms with Gasteiger partial charge in [0, 0.05) is 6.54 Å². The van der Waals surface area contributed by atoms with Crippen molar-refractivity contribution in [3.8, 4) is 5.75 Å². The topological polar surface area (TPSA) is 47.0 Å². The van der Waals surface area contributed by atoms with E-state index >= 15 is 0 Å². The Labute approximate surface area is 113 Å². The highest BCUT2D eigenvalue weighted by Crippen LogP contribution is 2.14. The van der Waals surface area contributed by atoms with Gasteiger partial charge in [-0.2, -0.15) is 0 Å². The lowest BCUT2D eigenvalue weighted by Crippen LogP contribution is -2.04. The molecule has 2 aromatic rings. The summed E-state index contributed by atoms with van der Waals surface area (Å²) in [5.74, 6) is 1.69. The maximum Gasteiger partial charge on any atom is 0.145 e.